The molecule has 0 aromatic carbocycles. The summed E-state index contributed by atoms with van der Waals surface area (Å²) < 4.78 is 0. The first-order valence-corrected chi connectivity index (χ1v) is 7.23. The molecule has 0 bridgehead atoms. The molecule has 0 aliphatic heterocycles. The van der Waals surface area contributed by atoms with E-state index in [4.69, 9.17) is 5.26 Å². The third-order valence-electron chi connectivity index (χ3n) is 5.02. The Morgan fingerprint density at radius 1 is 1.00 bits per heavy atom. The van der Waals surface area contributed by atoms with Gasteiger partial charge < -0.3 is 0 Å². The van der Waals surface area contributed by atoms with Crippen molar-refractivity contribution in [2.45, 2.75) is 64.7 Å². The Bertz CT molecular complexity index is 245. The van der Waals surface area contributed by atoms with Crippen LogP contribution in [0.5, 0.6) is 0 Å². The van der Waals surface area contributed by atoms with Crippen LogP contribution in [-0.4, -0.2) is 0 Å². The number of nitriles is 1. The maximum Gasteiger partial charge on any atom is 0.0655 e. The second-order valence-electron chi connectivity index (χ2n) is 5.94. The maximum atomic E-state index is 8.92. The highest BCUT2D eigenvalue weighted by molar-refractivity contribution is 4.89. The number of rotatable bonds is 2. The summed E-state index contributed by atoms with van der Waals surface area (Å²) in [5.41, 5.74) is 0. The highest BCUT2D eigenvalue weighted by Gasteiger charge is 2.30. The lowest BCUT2D eigenvalue weighted by molar-refractivity contribution is 0.148. The average Bonchev–Trinajstić information content (AvgIpc) is 2.39. The molecule has 2 atom stereocenters. The molecule has 2 rings (SSSR count). The van der Waals surface area contributed by atoms with Crippen LogP contribution in [0.3, 0.4) is 0 Å². The van der Waals surface area contributed by atoms with Gasteiger partial charge in [-0.3, -0.25) is 0 Å². The molecule has 0 saturated heterocycles. The van der Waals surface area contributed by atoms with Crippen molar-refractivity contribution in [1.29, 1.82) is 5.26 Å². The monoisotopic (exact) mass is 219 g/mol. The van der Waals surface area contributed by atoms with Crippen molar-refractivity contribution >= 4 is 0 Å². The summed E-state index contributed by atoms with van der Waals surface area (Å²) in [6.45, 7) is 2.35. The Morgan fingerprint density at radius 3 is 2.38 bits per heavy atom. The molecule has 0 aromatic rings. The predicted molar refractivity (Wildman–Crippen MR) is 66.8 cm³/mol. The fourth-order valence-electron chi connectivity index (χ4n) is 3.85. The van der Waals surface area contributed by atoms with Crippen molar-refractivity contribution in [3.63, 3.8) is 0 Å². The van der Waals surface area contributed by atoms with Gasteiger partial charge in [-0.1, -0.05) is 32.6 Å². The molecule has 0 aromatic heterocycles. The molecule has 0 N–H and O–H groups in total. The Labute approximate surface area is 100 Å². The topological polar surface area (TPSA) is 23.8 Å². The smallest absolute Gasteiger partial charge is 0.0655 e. The van der Waals surface area contributed by atoms with Gasteiger partial charge in [0.1, 0.15) is 0 Å². The first kappa shape index (κ1) is 12.0. The van der Waals surface area contributed by atoms with Crippen molar-refractivity contribution < 1.29 is 0 Å². The summed E-state index contributed by atoms with van der Waals surface area (Å²) >= 11 is 0. The van der Waals surface area contributed by atoms with Gasteiger partial charge in [-0.25, -0.2) is 0 Å². The van der Waals surface area contributed by atoms with Crippen LogP contribution in [0.4, 0.5) is 0 Å². The lowest BCUT2D eigenvalue weighted by atomic mass is 9.68. The fourth-order valence-corrected chi connectivity index (χ4v) is 3.85. The molecule has 0 amide bonds. The second kappa shape index (κ2) is 5.71. The minimum absolute atomic E-state index is 0.377. The summed E-state index contributed by atoms with van der Waals surface area (Å²) in [5.74, 6) is 3.34. The molecule has 2 aliphatic rings. The zero-order chi connectivity index (χ0) is 11.4. The van der Waals surface area contributed by atoms with E-state index in [1.54, 1.807) is 0 Å². The van der Waals surface area contributed by atoms with Crippen molar-refractivity contribution in [2.24, 2.45) is 23.7 Å². The van der Waals surface area contributed by atoms with Crippen molar-refractivity contribution in [2.75, 3.05) is 0 Å². The van der Waals surface area contributed by atoms with Crippen LogP contribution in [0.1, 0.15) is 64.7 Å². The van der Waals surface area contributed by atoms with E-state index in [-0.39, 0.29) is 0 Å². The zero-order valence-electron chi connectivity index (χ0n) is 10.6. The van der Waals surface area contributed by atoms with Gasteiger partial charge in [0.05, 0.1) is 6.07 Å². The molecule has 16 heavy (non-hydrogen) atoms. The maximum absolute atomic E-state index is 8.92. The molecule has 2 aliphatic carbocycles. The van der Waals surface area contributed by atoms with Gasteiger partial charge in [-0.05, 0) is 49.9 Å². The highest BCUT2D eigenvalue weighted by atomic mass is 14.4. The van der Waals surface area contributed by atoms with Crippen LogP contribution in [0.25, 0.3) is 0 Å². The lowest BCUT2D eigenvalue weighted by Gasteiger charge is -2.37. The minimum atomic E-state index is 0.377. The first-order chi connectivity index (χ1) is 7.83. The van der Waals surface area contributed by atoms with Crippen LogP contribution in [-0.2, 0) is 0 Å². The van der Waals surface area contributed by atoms with Crippen molar-refractivity contribution in [3.05, 3.63) is 0 Å². The molecule has 2 unspecified atom stereocenters. The second-order valence-corrected chi connectivity index (χ2v) is 5.94. The number of hydrogen-bond acceptors (Lipinski definition) is 1. The van der Waals surface area contributed by atoms with E-state index in [0.717, 1.165) is 17.8 Å². The molecule has 1 heteroatoms. The SMILES string of the molecule is CCC1CCCC(C2CCC(C#N)CC2)C1. The molecular weight excluding hydrogens is 194 g/mol. The first-order valence-electron chi connectivity index (χ1n) is 7.23. The third kappa shape index (κ3) is 2.78. The molecule has 0 heterocycles. The van der Waals surface area contributed by atoms with E-state index < -0.39 is 0 Å². The Balaban J connectivity index is 1.82. The third-order valence-corrected chi connectivity index (χ3v) is 5.02. The normalized spacial score (nSPS) is 40.2. The van der Waals surface area contributed by atoms with Gasteiger partial charge in [0.15, 0.2) is 0 Å². The van der Waals surface area contributed by atoms with E-state index in [1.165, 1.54) is 57.8 Å². The highest BCUT2D eigenvalue weighted by Crippen LogP contribution is 2.42. The van der Waals surface area contributed by atoms with Crippen LogP contribution < -0.4 is 0 Å². The minimum Gasteiger partial charge on any atom is -0.198 e. The van der Waals surface area contributed by atoms with Gasteiger partial charge in [-0.2, -0.15) is 5.26 Å². The van der Waals surface area contributed by atoms with E-state index in [1.807, 2.05) is 0 Å². The molecule has 2 fully saturated rings. The van der Waals surface area contributed by atoms with E-state index in [0.29, 0.717) is 5.92 Å². The summed E-state index contributed by atoms with van der Waals surface area (Å²) in [7, 11) is 0. The summed E-state index contributed by atoms with van der Waals surface area (Å²) in [4.78, 5) is 0. The van der Waals surface area contributed by atoms with Crippen LogP contribution in [0, 0.1) is 35.0 Å². The largest absolute Gasteiger partial charge is 0.198 e. The number of nitrogens with zero attached hydrogens (tertiary/aromatic N) is 1. The van der Waals surface area contributed by atoms with Gasteiger partial charge >= 0.3 is 0 Å². The Morgan fingerprint density at radius 2 is 1.75 bits per heavy atom. The van der Waals surface area contributed by atoms with Crippen LogP contribution in [0.2, 0.25) is 0 Å². The number of hydrogen-bond donors (Lipinski definition) is 0. The van der Waals surface area contributed by atoms with Gasteiger partial charge in [0.2, 0.25) is 0 Å². The summed E-state index contributed by atoms with van der Waals surface area (Å²) in [6.07, 6.45) is 12.3. The van der Waals surface area contributed by atoms with Gasteiger partial charge in [-0.15, -0.1) is 0 Å². The zero-order valence-corrected chi connectivity index (χ0v) is 10.6. The standard InChI is InChI=1S/C15H25N/c1-2-12-4-3-5-15(10-12)14-8-6-13(11-16)7-9-14/h12-15H,2-10H2,1H3. The molecule has 0 radical (unpaired) electrons. The fraction of sp³-hybridized carbons (Fsp3) is 0.933. The van der Waals surface area contributed by atoms with E-state index >= 15 is 0 Å². The average molecular weight is 219 g/mol. The lowest BCUT2D eigenvalue weighted by Crippen LogP contribution is -2.26. The van der Waals surface area contributed by atoms with Crippen molar-refractivity contribution in [1.82, 2.24) is 0 Å². The van der Waals surface area contributed by atoms with Gasteiger partial charge in [0, 0.05) is 5.92 Å². The van der Waals surface area contributed by atoms with Crippen LogP contribution in [0.15, 0.2) is 0 Å². The summed E-state index contributed by atoms with van der Waals surface area (Å²) in [6, 6.07) is 2.45. The molecule has 0 spiro atoms. The molecule has 90 valence electrons. The van der Waals surface area contributed by atoms with Crippen LogP contribution >= 0.6 is 0 Å². The van der Waals surface area contributed by atoms with Gasteiger partial charge in [0.25, 0.3) is 0 Å². The Kier molecular flexibility index (Phi) is 4.27. The predicted octanol–water partition coefficient (Wildman–Crippen LogP) is 4.53. The molecular formula is C15H25N. The van der Waals surface area contributed by atoms with E-state index in [2.05, 4.69) is 13.0 Å². The molecule has 2 saturated carbocycles. The quantitative estimate of drug-likeness (QED) is 0.669. The van der Waals surface area contributed by atoms with Crippen molar-refractivity contribution in [3.8, 4) is 6.07 Å². The summed E-state index contributed by atoms with van der Waals surface area (Å²) in [5, 5.41) is 8.92. The molecule has 1 nitrogen and oxygen atoms in total. The van der Waals surface area contributed by atoms with E-state index in [9.17, 15) is 0 Å². The Hall–Kier alpha value is -0.510.